The van der Waals surface area contributed by atoms with Crippen molar-refractivity contribution in [2.75, 3.05) is 6.54 Å². The minimum atomic E-state index is -4.74. The molecule has 0 aliphatic rings. The Balaban J connectivity index is 4.19. The van der Waals surface area contributed by atoms with E-state index in [-0.39, 0.29) is 0 Å². The van der Waals surface area contributed by atoms with Gasteiger partial charge >= 0.3 is 6.18 Å². The third-order valence-electron chi connectivity index (χ3n) is 2.06. The Morgan fingerprint density at radius 3 is 2.12 bits per heavy atom. The SMILES string of the molecule is CC(C)(C)[C@@H](N)C(=O)NCC(O)C(F)(F)F. The smallest absolute Gasteiger partial charge is 0.382 e. The number of hydrogen-bond donors (Lipinski definition) is 3. The Bertz CT molecular complexity index is 248. The van der Waals surface area contributed by atoms with Gasteiger partial charge in [-0.1, -0.05) is 20.8 Å². The number of halogens is 3. The van der Waals surface area contributed by atoms with Gasteiger partial charge in [0.15, 0.2) is 6.10 Å². The lowest BCUT2D eigenvalue weighted by molar-refractivity contribution is -0.201. The molecule has 4 N–H and O–H groups in total. The van der Waals surface area contributed by atoms with Crippen LogP contribution in [0.3, 0.4) is 0 Å². The van der Waals surface area contributed by atoms with Crippen LogP contribution in [0.25, 0.3) is 0 Å². The quantitative estimate of drug-likeness (QED) is 0.670. The Labute approximate surface area is 92.0 Å². The highest BCUT2D eigenvalue weighted by Gasteiger charge is 2.38. The normalized spacial score (nSPS) is 16.8. The van der Waals surface area contributed by atoms with Crippen molar-refractivity contribution in [2.24, 2.45) is 11.1 Å². The molecule has 0 radical (unpaired) electrons. The summed E-state index contributed by atoms with van der Waals surface area (Å²) in [7, 11) is 0. The van der Waals surface area contributed by atoms with E-state index in [4.69, 9.17) is 10.8 Å². The molecule has 2 atom stereocenters. The minimum Gasteiger partial charge on any atom is -0.382 e. The number of hydrogen-bond acceptors (Lipinski definition) is 3. The van der Waals surface area contributed by atoms with E-state index in [0.717, 1.165) is 0 Å². The highest BCUT2D eigenvalue weighted by atomic mass is 19.4. The molecule has 0 aliphatic heterocycles. The van der Waals surface area contributed by atoms with E-state index < -0.39 is 36.2 Å². The molecule has 0 aromatic rings. The van der Waals surface area contributed by atoms with Gasteiger partial charge in [-0.15, -0.1) is 0 Å². The summed E-state index contributed by atoms with van der Waals surface area (Å²) in [6.45, 7) is 4.19. The van der Waals surface area contributed by atoms with Gasteiger partial charge in [0.2, 0.25) is 5.91 Å². The predicted octanol–water partition coefficient (Wildman–Crippen LogP) is 0.399. The fourth-order valence-electron chi connectivity index (χ4n) is 0.816. The molecule has 16 heavy (non-hydrogen) atoms. The van der Waals surface area contributed by atoms with Crippen LogP contribution in [0.2, 0.25) is 0 Å². The van der Waals surface area contributed by atoms with Gasteiger partial charge in [-0.2, -0.15) is 13.2 Å². The molecule has 0 aliphatic carbocycles. The van der Waals surface area contributed by atoms with Gasteiger partial charge in [-0.3, -0.25) is 4.79 Å². The third kappa shape index (κ3) is 4.80. The molecule has 0 saturated carbocycles. The minimum absolute atomic E-state index is 0.548. The predicted molar refractivity (Wildman–Crippen MR) is 52.5 cm³/mol. The van der Waals surface area contributed by atoms with Crippen LogP contribution < -0.4 is 11.1 Å². The van der Waals surface area contributed by atoms with Crippen molar-refractivity contribution in [3.05, 3.63) is 0 Å². The largest absolute Gasteiger partial charge is 0.416 e. The van der Waals surface area contributed by atoms with Gasteiger partial charge < -0.3 is 16.2 Å². The van der Waals surface area contributed by atoms with E-state index in [9.17, 15) is 18.0 Å². The van der Waals surface area contributed by atoms with Crippen LogP contribution in [0, 0.1) is 5.41 Å². The zero-order chi connectivity index (χ0) is 13.1. The molecule has 1 amide bonds. The number of carbonyl (C=O) groups excluding carboxylic acids is 1. The van der Waals surface area contributed by atoms with E-state index in [1.165, 1.54) is 0 Å². The third-order valence-corrected chi connectivity index (χ3v) is 2.06. The lowest BCUT2D eigenvalue weighted by Crippen LogP contribution is -2.51. The molecule has 4 nitrogen and oxygen atoms in total. The molecule has 0 fully saturated rings. The van der Waals surface area contributed by atoms with Gasteiger partial charge in [0.25, 0.3) is 0 Å². The standard InChI is InChI=1S/C9H17F3N2O2/c1-8(2,3)6(13)7(16)14-4-5(15)9(10,11)12/h5-6,15H,4,13H2,1-3H3,(H,14,16)/t5?,6-/m0/s1. The van der Waals surface area contributed by atoms with Gasteiger partial charge in [0, 0.05) is 0 Å². The molecule has 0 spiro atoms. The van der Waals surface area contributed by atoms with E-state index in [2.05, 4.69) is 0 Å². The Hall–Kier alpha value is -0.820. The summed E-state index contributed by atoms with van der Waals surface area (Å²) < 4.78 is 35.7. The molecular formula is C9H17F3N2O2. The van der Waals surface area contributed by atoms with Crippen LogP contribution in [0.5, 0.6) is 0 Å². The number of rotatable bonds is 3. The number of carbonyl (C=O) groups is 1. The number of amides is 1. The molecule has 7 heteroatoms. The monoisotopic (exact) mass is 242 g/mol. The van der Waals surface area contributed by atoms with Crippen molar-refractivity contribution in [2.45, 2.75) is 39.1 Å². The van der Waals surface area contributed by atoms with Gasteiger partial charge in [-0.25, -0.2) is 0 Å². The van der Waals surface area contributed by atoms with E-state index in [0.29, 0.717) is 0 Å². The summed E-state index contributed by atoms with van der Waals surface area (Å²) in [4.78, 5) is 11.3. The zero-order valence-electron chi connectivity index (χ0n) is 9.43. The average Bonchev–Trinajstić information content (AvgIpc) is 2.09. The fourth-order valence-corrected chi connectivity index (χ4v) is 0.816. The number of alkyl halides is 3. The maximum Gasteiger partial charge on any atom is 0.416 e. The first-order valence-electron chi connectivity index (χ1n) is 4.74. The van der Waals surface area contributed by atoms with Crippen LogP contribution >= 0.6 is 0 Å². The molecule has 0 bridgehead atoms. The number of aliphatic hydroxyl groups excluding tert-OH is 1. The zero-order valence-corrected chi connectivity index (χ0v) is 9.43. The van der Waals surface area contributed by atoms with Crippen molar-refractivity contribution in [1.29, 1.82) is 0 Å². The van der Waals surface area contributed by atoms with E-state index in [1.54, 1.807) is 20.8 Å². The Morgan fingerprint density at radius 2 is 1.81 bits per heavy atom. The van der Waals surface area contributed by atoms with Crippen LogP contribution in [0.1, 0.15) is 20.8 Å². The van der Waals surface area contributed by atoms with Crippen molar-refractivity contribution in [3.63, 3.8) is 0 Å². The molecule has 0 saturated heterocycles. The Morgan fingerprint density at radius 1 is 1.38 bits per heavy atom. The maximum atomic E-state index is 11.9. The summed E-state index contributed by atoms with van der Waals surface area (Å²) in [5.41, 5.74) is 4.97. The maximum absolute atomic E-state index is 11.9. The summed E-state index contributed by atoms with van der Waals surface area (Å²) in [6, 6.07) is -0.923. The second kappa shape index (κ2) is 5.01. The lowest BCUT2D eigenvalue weighted by atomic mass is 9.87. The first-order chi connectivity index (χ1) is 6.96. The Kier molecular flexibility index (Phi) is 4.75. The number of nitrogens with one attached hydrogen (secondary N) is 1. The van der Waals surface area contributed by atoms with Crippen molar-refractivity contribution in [3.8, 4) is 0 Å². The van der Waals surface area contributed by atoms with E-state index >= 15 is 0 Å². The molecule has 0 rings (SSSR count). The molecule has 1 unspecified atom stereocenters. The first kappa shape index (κ1) is 15.2. The molecular weight excluding hydrogens is 225 g/mol. The second-order valence-electron chi connectivity index (χ2n) is 4.65. The molecule has 0 aromatic heterocycles. The van der Waals surface area contributed by atoms with Crippen molar-refractivity contribution in [1.82, 2.24) is 5.32 Å². The van der Waals surface area contributed by atoms with Crippen LogP contribution in [0.4, 0.5) is 13.2 Å². The highest BCUT2D eigenvalue weighted by molar-refractivity contribution is 5.82. The van der Waals surface area contributed by atoms with Crippen LogP contribution in [-0.4, -0.2) is 35.9 Å². The van der Waals surface area contributed by atoms with Crippen LogP contribution in [0.15, 0.2) is 0 Å². The van der Waals surface area contributed by atoms with E-state index in [1.807, 2.05) is 5.32 Å². The van der Waals surface area contributed by atoms with Gasteiger partial charge in [0.05, 0.1) is 12.6 Å². The highest BCUT2D eigenvalue weighted by Crippen LogP contribution is 2.20. The van der Waals surface area contributed by atoms with Gasteiger partial charge in [0.1, 0.15) is 0 Å². The topological polar surface area (TPSA) is 75.4 Å². The summed E-state index contributed by atoms with van der Waals surface area (Å²) >= 11 is 0. The second-order valence-corrected chi connectivity index (χ2v) is 4.65. The molecule has 0 heterocycles. The lowest BCUT2D eigenvalue weighted by Gasteiger charge is -2.26. The first-order valence-corrected chi connectivity index (χ1v) is 4.74. The van der Waals surface area contributed by atoms with Gasteiger partial charge in [-0.05, 0) is 5.41 Å². The fraction of sp³-hybridized carbons (Fsp3) is 0.889. The van der Waals surface area contributed by atoms with Crippen molar-refractivity contribution >= 4 is 5.91 Å². The molecule has 96 valence electrons. The molecule has 0 aromatic carbocycles. The van der Waals surface area contributed by atoms with Crippen LogP contribution in [-0.2, 0) is 4.79 Å². The summed E-state index contributed by atoms with van der Waals surface area (Å²) in [5.74, 6) is -0.712. The number of nitrogens with two attached hydrogens (primary N) is 1. The number of aliphatic hydroxyl groups is 1. The summed E-state index contributed by atoms with van der Waals surface area (Å²) in [6.07, 6.45) is -7.30. The summed E-state index contributed by atoms with van der Waals surface area (Å²) in [5, 5.41) is 10.6. The average molecular weight is 242 g/mol. The van der Waals surface area contributed by atoms with Crippen molar-refractivity contribution < 1.29 is 23.1 Å².